The first-order valence-electron chi connectivity index (χ1n) is 6.52. The average Bonchev–Trinajstić information content (AvgIpc) is 2.28. The lowest BCUT2D eigenvalue weighted by Gasteiger charge is -2.46. The molecule has 1 heterocycles. The van der Waals surface area contributed by atoms with Gasteiger partial charge in [0.15, 0.2) is 5.79 Å². The molecule has 0 aromatic carbocycles. The van der Waals surface area contributed by atoms with E-state index in [-0.39, 0.29) is 6.10 Å². The van der Waals surface area contributed by atoms with E-state index in [1.165, 1.54) is 0 Å². The van der Waals surface area contributed by atoms with E-state index in [4.69, 9.17) is 9.47 Å². The minimum Gasteiger partial charge on any atom is -0.347 e. The monoisotopic (exact) mass is 352 g/mol. The lowest BCUT2D eigenvalue weighted by molar-refractivity contribution is -0.326. The van der Waals surface area contributed by atoms with Crippen molar-refractivity contribution in [2.45, 2.75) is 65.5 Å². The summed E-state index contributed by atoms with van der Waals surface area (Å²) in [6.45, 7) is 10.8. The average molecular weight is 352 g/mol. The van der Waals surface area contributed by atoms with Crippen LogP contribution in [0.3, 0.4) is 0 Å². The highest BCUT2D eigenvalue weighted by atomic mass is 127. The molecule has 17 heavy (non-hydrogen) atoms. The maximum absolute atomic E-state index is 6.10. The highest BCUT2D eigenvalue weighted by Crippen LogP contribution is 2.36. The van der Waals surface area contributed by atoms with Crippen molar-refractivity contribution in [2.24, 2.45) is 11.8 Å². The molecule has 1 aliphatic rings. The molecule has 0 unspecified atom stereocenters. The predicted molar refractivity (Wildman–Crippen MR) is 80.2 cm³/mol. The van der Waals surface area contributed by atoms with Crippen molar-refractivity contribution in [1.29, 1.82) is 0 Å². The highest BCUT2D eigenvalue weighted by molar-refractivity contribution is 14.1. The van der Waals surface area contributed by atoms with Crippen LogP contribution < -0.4 is 0 Å². The molecular weight excluding hydrogens is 327 g/mol. The normalized spacial score (nSPS) is 35.1. The van der Waals surface area contributed by atoms with Crippen molar-refractivity contribution in [3.8, 4) is 0 Å². The van der Waals surface area contributed by atoms with Gasteiger partial charge in [0.2, 0.25) is 0 Å². The Hall–Kier alpha value is 0.390. The molecule has 0 N–H and O–H groups in total. The molecule has 2 nitrogen and oxygen atoms in total. The van der Waals surface area contributed by atoms with E-state index in [0.29, 0.717) is 17.9 Å². The first-order chi connectivity index (χ1) is 7.91. The van der Waals surface area contributed by atoms with Gasteiger partial charge < -0.3 is 9.47 Å². The molecule has 0 radical (unpaired) electrons. The second kappa shape index (κ2) is 6.53. The van der Waals surface area contributed by atoms with Gasteiger partial charge in [0.05, 0.1) is 12.2 Å². The zero-order chi connectivity index (χ0) is 13.1. The van der Waals surface area contributed by atoms with Crippen molar-refractivity contribution >= 4 is 22.6 Å². The third kappa shape index (κ3) is 4.21. The van der Waals surface area contributed by atoms with Crippen LogP contribution in [0.25, 0.3) is 0 Å². The summed E-state index contributed by atoms with van der Waals surface area (Å²) in [5.74, 6) is 0.578. The Bertz CT molecular complexity index is 263. The Morgan fingerprint density at radius 1 is 1.35 bits per heavy atom. The molecule has 3 heteroatoms. The van der Waals surface area contributed by atoms with Gasteiger partial charge in [-0.25, -0.2) is 0 Å². The van der Waals surface area contributed by atoms with Crippen LogP contribution >= 0.6 is 22.6 Å². The fraction of sp³-hybridized carbons (Fsp3) is 0.857. The van der Waals surface area contributed by atoms with Gasteiger partial charge in [-0.1, -0.05) is 55.9 Å². The molecule has 1 aliphatic heterocycles. The minimum absolute atomic E-state index is 0.267. The van der Waals surface area contributed by atoms with E-state index in [2.05, 4.69) is 53.5 Å². The van der Waals surface area contributed by atoms with Crippen LogP contribution in [-0.2, 0) is 9.47 Å². The number of hydrogen-bond acceptors (Lipinski definition) is 2. The van der Waals surface area contributed by atoms with Gasteiger partial charge in [-0.15, -0.1) is 0 Å². The van der Waals surface area contributed by atoms with Crippen LogP contribution in [0.15, 0.2) is 10.2 Å². The Morgan fingerprint density at radius 2 is 2.00 bits per heavy atom. The van der Waals surface area contributed by atoms with Gasteiger partial charge in [-0.05, 0) is 30.3 Å². The molecule has 1 saturated heterocycles. The molecule has 0 spiro atoms. The fourth-order valence-corrected chi connectivity index (χ4v) is 2.75. The standard InChI is InChI=1S/C14H25IO2/c1-6-10(2)13-11(3)12(8-7-9-15)16-14(4,5)17-13/h7,9-13H,6,8H2,1-5H3/b9-7+/t10-,11-,12-,13+/m0/s1. The minimum atomic E-state index is -0.454. The predicted octanol–water partition coefficient (Wildman–Crippen LogP) is 4.53. The molecule has 1 rings (SSSR count). The molecule has 0 saturated carbocycles. The third-order valence-electron chi connectivity index (χ3n) is 3.62. The summed E-state index contributed by atoms with van der Waals surface area (Å²) in [5, 5.41) is 0. The summed E-state index contributed by atoms with van der Waals surface area (Å²) < 4.78 is 14.2. The molecule has 0 aromatic heterocycles. The van der Waals surface area contributed by atoms with Gasteiger partial charge in [0.1, 0.15) is 0 Å². The van der Waals surface area contributed by atoms with E-state index in [9.17, 15) is 0 Å². The van der Waals surface area contributed by atoms with Gasteiger partial charge in [0, 0.05) is 5.92 Å². The van der Waals surface area contributed by atoms with Gasteiger partial charge in [0.25, 0.3) is 0 Å². The van der Waals surface area contributed by atoms with Crippen LogP contribution in [-0.4, -0.2) is 18.0 Å². The zero-order valence-electron chi connectivity index (χ0n) is 11.6. The Balaban J connectivity index is 2.78. The summed E-state index contributed by atoms with van der Waals surface area (Å²) in [4.78, 5) is 0. The number of hydrogen-bond donors (Lipinski definition) is 0. The summed E-state index contributed by atoms with van der Waals surface area (Å²) >= 11 is 2.26. The first-order valence-corrected chi connectivity index (χ1v) is 7.76. The van der Waals surface area contributed by atoms with Gasteiger partial charge in [-0.2, -0.15) is 0 Å². The lowest BCUT2D eigenvalue weighted by Crippen LogP contribution is -2.51. The summed E-state index contributed by atoms with van der Waals surface area (Å²) in [7, 11) is 0. The molecule has 0 aromatic rings. The highest BCUT2D eigenvalue weighted by Gasteiger charge is 2.41. The molecular formula is C14H25IO2. The molecule has 0 aliphatic carbocycles. The summed E-state index contributed by atoms with van der Waals surface area (Å²) in [6, 6.07) is 0. The van der Waals surface area contributed by atoms with E-state index in [1.54, 1.807) is 0 Å². The second-order valence-corrected chi connectivity index (χ2v) is 6.20. The number of halogens is 1. The Morgan fingerprint density at radius 3 is 2.53 bits per heavy atom. The quantitative estimate of drug-likeness (QED) is 0.693. The molecule has 0 amide bonds. The first kappa shape index (κ1) is 15.4. The topological polar surface area (TPSA) is 18.5 Å². The van der Waals surface area contributed by atoms with Crippen molar-refractivity contribution in [2.75, 3.05) is 0 Å². The Labute approximate surface area is 119 Å². The maximum atomic E-state index is 6.10. The largest absolute Gasteiger partial charge is 0.347 e. The van der Waals surface area contributed by atoms with E-state index < -0.39 is 5.79 Å². The van der Waals surface area contributed by atoms with Crippen LogP contribution in [0.4, 0.5) is 0 Å². The SMILES string of the molecule is CC[C@H](C)[C@H]1OC(C)(C)O[C@@H](C/C=C/I)[C@@H]1C. The van der Waals surface area contributed by atoms with Crippen molar-refractivity contribution in [3.05, 3.63) is 10.2 Å². The van der Waals surface area contributed by atoms with E-state index >= 15 is 0 Å². The number of rotatable bonds is 4. The van der Waals surface area contributed by atoms with E-state index in [1.807, 2.05) is 13.8 Å². The zero-order valence-corrected chi connectivity index (χ0v) is 13.7. The Kier molecular flexibility index (Phi) is 5.93. The van der Waals surface area contributed by atoms with Crippen molar-refractivity contribution in [3.63, 3.8) is 0 Å². The van der Waals surface area contributed by atoms with Crippen molar-refractivity contribution in [1.82, 2.24) is 0 Å². The molecule has 4 atom stereocenters. The molecule has 0 bridgehead atoms. The smallest absolute Gasteiger partial charge is 0.163 e. The van der Waals surface area contributed by atoms with Gasteiger partial charge >= 0.3 is 0 Å². The van der Waals surface area contributed by atoms with E-state index in [0.717, 1.165) is 12.8 Å². The maximum Gasteiger partial charge on any atom is 0.163 e. The molecule has 1 fully saturated rings. The van der Waals surface area contributed by atoms with Crippen LogP contribution in [0, 0.1) is 11.8 Å². The fourth-order valence-electron chi connectivity index (χ4n) is 2.46. The summed E-state index contributed by atoms with van der Waals surface area (Å²) in [5.41, 5.74) is 0. The van der Waals surface area contributed by atoms with Crippen LogP contribution in [0.2, 0.25) is 0 Å². The third-order valence-corrected chi connectivity index (χ3v) is 4.13. The van der Waals surface area contributed by atoms with Crippen molar-refractivity contribution < 1.29 is 9.47 Å². The molecule has 100 valence electrons. The second-order valence-electron chi connectivity index (χ2n) is 5.48. The lowest BCUT2D eigenvalue weighted by atomic mass is 9.85. The number of ether oxygens (including phenoxy) is 2. The van der Waals surface area contributed by atoms with Crippen LogP contribution in [0.1, 0.15) is 47.5 Å². The van der Waals surface area contributed by atoms with Crippen LogP contribution in [0.5, 0.6) is 0 Å². The summed E-state index contributed by atoms with van der Waals surface area (Å²) in [6.07, 6.45) is 4.88. The van der Waals surface area contributed by atoms with Gasteiger partial charge in [-0.3, -0.25) is 0 Å².